The van der Waals surface area contributed by atoms with E-state index in [0.29, 0.717) is 12.5 Å². The van der Waals surface area contributed by atoms with Crippen molar-refractivity contribution in [2.24, 2.45) is 0 Å². The maximum atomic E-state index is 11.5. The Kier molecular flexibility index (Phi) is 4.20. The number of fused-ring (bicyclic) bond motifs is 1. The van der Waals surface area contributed by atoms with Gasteiger partial charge in [0, 0.05) is 29.2 Å². The lowest BCUT2D eigenvalue weighted by Gasteiger charge is -2.11. The lowest BCUT2D eigenvalue weighted by molar-refractivity contribution is -0.297. The van der Waals surface area contributed by atoms with Crippen molar-refractivity contribution in [2.75, 3.05) is 0 Å². The van der Waals surface area contributed by atoms with E-state index < -0.39 is 11.9 Å². The first kappa shape index (κ1) is 13.9. The lowest BCUT2D eigenvalue weighted by atomic mass is 10.1. The molecule has 1 atom stereocenters. The van der Waals surface area contributed by atoms with Gasteiger partial charge < -0.3 is 20.2 Å². The summed E-state index contributed by atoms with van der Waals surface area (Å²) in [5.41, 5.74) is 2.16. The second-order valence-corrected chi connectivity index (χ2v) is 4.63. The second-order valence-electron chi connectivity index (χ2n) is 4.63. The molecule has 0 saturated heterocycles. The van der Waals surface area contributed by atoms with Gasteiger partial charge in [0.25, 0.3) is 0 Å². The number of H-pyrrole nitrogens is 1. The Balaban J connectivity index is 1.99. The van der Waals surface area contributed by atoms with Crippen LogP contribution in [0.2, 0.25) is 0 Å². The quantitative estimate of drug-likeness (QED) is 0.777. The first-order valence-electron chi connectivity index (χ1n) is 6.31. The molecule has 1 aromatic heterocycles. The number of hydrogen-bond donors (Lipinski definition) is 2. The van der Waals surface area contributed by atoms with Gasteiger partial charge in [0.05, 0.1) is 5.97 Å². The van der Waals surface area contributed by atoms with Gasteiger partial charge in [-0.1, -0.05) is 18.2 Å². The van der Waals surface area contributed by atoms with E-state index in [2.05, 4.69) is 10.3 Å². The third-order valence-corrected chi connectivity index (χ3v) is 2.96. The summed E-state index contributed by atoms with van der Waals surface area (Å²) in [4.78, 5) is 24.8. The van der Waals surface area contributed by atoms with E-state index in [1.165, 1.54) is 0 Å². The zero-order chi connectivity index (χ0) is 14.5. The SMILES string of the molecule is C[C@H](Cc1c[nH]c2ccccc12)NC(=O)/C=C/C(=O)[O-]. The average molecular weight is 271 g/mol. The lowest BCUT2D eigenvalue weighted by Crippen LogP contribution is -2.33. The Morgan fingerprint density at radius 1 is 1.35 bits per heavy atom. The molecule has 104 valence electrons. The number of aromatic nitrogens is 1. The van der Waals surface area contributed by atoms with Gasteiger partial charge in [-0.05, 0) is 31.1 Å². The van der Waals surface area contributed by atoms with Gasteiger partial charge in [0.2, 0.25) is 5.91 Å². The average Bonchev–Trinajstić information content (AvgIpc) is 2.80. The summed E-state index contributed by atoms with van der Waals surface area (Å²) in [7, 11) is 0. The molecule has 0 spiro atoms. The predicted octanol–water partition coefficient (Wildman–Crippen LogP) is 0.521. The van der Waals surface area contributed by atoms with Crippen LogP contribution in [0.1, 0.15) is 12.5 Å². The molecule has 0 aliphatic rings. The van der Waals surface area contributed by atoms with Gasteiger partial charge >= 0.3 is 0 Å². The minimum atomic E-state index is -1.38. The summed E-state index contributed by atoms with van der Waals surface area (Å²) in [6.45, 7) is 1.87. The molecule has 0 fully saturated rings. The van der Waals surface area contributed by atoms with Crippen molar-refractivity contribution in [3.63, 3.8) is 0 Å². The molecule has 1 amide bonds. The maximum Gasteiger partial charge on any atom is 0.244 e. The minimum absolute atomic E-state index is 0.104. The highest BCUT2D eigenvalue weighted by molar-refractivity contribution is 5.93. The predicted molar refractivity (Wildman–Crippen MR) is 73.8 cm³/mol. The first-order valence-corrected chi connectivity index (χ1v) is 6.31. The molecule has 1 aromatic carbocycles. The Bertz CT molecular complexity index is 658. The van der Waals surface area contributed by atoms with Crippen molar-refractivity contribution in [1.82, 2.24) is 10.3 Å². The van der Waals surface area contributed by atoms with Gasteiger partial charge in [-0.15, -0.1) is 0 Å². The van der Waals surface area contributed by atoms with Gasteiger partial charge in [0.1, 0.15) is 0 Å². The molecule has 0 bridgehead atoms. The molecule has 1 heterocycles. The topological polar surface area (TPSA) is 85.0 Å². The molecule has 2 aromatic rings. The molecule has 2 rings (SSSR count). The zero-order valence-electron chi connectivity index (χ0n) is 11.1. The summed E-state index contributed by atoms with van der Waals surface area (Å²) >= 11 is 0. The van der Waals surface area contributed by atoms with Crippen molar-refractivity contribution in [2.45, 2.75) is 19.4 Å². The van der Waals surface area contributed by atoms with E-state index in [1.807, 2.05) is 37.4 Å². The van der Waals surface area contributed by atoms with Crippen LogP contribution >= 0.6 is 0 Å². The van der Waals surface area contributed by atoms with E-state index in [0.717, 1.165) is 22.5 Å². The number of para-hydroxylation sites is 1. The van der Waals surface area contributed by atoms with Crippen LogP contribution in [0.4, 0.5) is 0 Å². The molecule has 5 heteroatoms. The van der Waals surface area contributed by atoms with Crippen LogP contribution in [0, 0.1) is 0 Å². The number of hydrogen-bond acceptors (Lipinski definition) is 3. The minimum Gasteiger partial charge on any atom is -0.545 e. The highest BCUT2D eigenvalue weighted by Gasteiger charge is 2.09. The standard InChI is InChI=1S/C15H16N2O3/c1-10(17-14(18)6-7-15(19)20)8-11-9-16-13-5-3-2-4-12(11)13/h2-7,9-10,16H,8H2,1H3,(H,17,18)(H,19,20)/p-1/b7-6+/t10-/m1/s1. The third-order valence-electron chi connectivity index (χ3n) is 2.96. The van der Waals surface area contributed by atoms with E-state index in [1.54, 1.807) is 0 Å². The molecule has 20 heavy (non-hydrogen) atoms. The highest BCUT2D eigenvalue weighted by Crippen LogP contribution is 2.18. The summed E-state index contributed by atoms with van der Waals surface area (Å²) < 4.78 is 0. The van der Waals surface area contributed by atoms with E-state index >= 15 is 0 Å². The van der Waals surface area contributed by atoms with Gasteiger partial charge in [-0.3, -0.25) is 4.79 Å². The van der Waals surface area contributed by atoms with Crippen LogP contribution < -0.4 is 10.4 Å². The summed E-state index contributed by atoms with van der Waals surface area (Å²) in [5.74, 6) is -1.83. The molecular formula is C15H15N2O3-. The monoisotopic (exact) mass is 271 g/mol. The second kappa shape index (κ2) is 6.06. The van der Waals surface area contributed by atoms with E-state index in [9.17, 15) is 14.7 Å². The molecule has 5 nitrogen and oxygen atoms in total. The smallest absolute Gasteiger partial charge is 0.244 e. The van der Waals surface area contributed by atoms with Crippen molar-refractivity contribution in [1.29, 1.82) is 0 Å². The maximum absolute atomic E-state index is 11.5. The Hall–Kier alpha value is -2.56. The molecule has 2 N–H and O–H groups in total. The van der Waals surface area contributed by atoms with Crippen LogP contribution in [0.25, 0.3) is 10.9 Å². The summed E-state index contributed by atoms with van der Waals surface area (Å²) in [6.07, 6.45) is 4.26. The molecule has 0 radical (unpaired) electrons. The van der Waals surface area contributed by atoms with Gasteiger partial charge in [0.15, 0.2) is 0 Å². The number of carbonyl (C=O) groups is 2. The van der Waals surface area contributed by atoms with E-state index in [4.69, 9.17) is 0 Å². The Labute approximate surface area is 116 Å². The van der Waals surface area contributed by atoms with Crippen molar-refractivity contribution in [3.8, 4) is 0 Å². The summed E-state index contributed by atoms with van der Waals surface area (Å²) in [6, 6.07) is 7.83. The zero-order valence-corrected chi connectivity index (χ0v) is 11.1. The van der Waals surface area contributed by atoms with Crippen LogP contribution in [0.3, 0.4) is 0 Å². The number of amides is 1. The van der Waals surface area contributed by atoms with Crippen molar-refractivity contribution < 1.29 is 14.7 Å². The van der Waals surface area contributed by atoms with Gasteiger partial charge in [-0.25, -0.2) is 0 Å². The molecular weight excluding hydrogens is 256 g/mol. The number of rotatable bonds is 5. The fraction of sp³-hybridized carbons (Fsp3) is 0.200. The molecule has 0 aliphatic heterocycles. The van der Waals surface area contributed by atoms with Crippen LogP contribution in [-0.4, -0.2) is 22.9 Å². The third kappa shape index (κ3) is 3.47. The van der Waals surface area contributed by atoms with Gasteiger partial charge in [-0.2, -0.15) is 0 Å². The fourth-order valence-corrected chi connectivity index (χ4v) is 2.12. The number of nitrogens with one attached hydrogen (secondary N) is 2. The first-order chi connectivity index (χ1) is 9.56. The highest BCUT2D eigenvalue weighted by atomic mass is 16.4. The largest absolute Gasteiger partial charge is 0.545 e. The number of carboxylic acids is 1. The number of carboxylic acid groups (broad SMARTS) is 1. The molecule has 0 saturated carbocycles. The van der Waals surface area contributed by atoms with E-state index in [-0.39, 0.29) is 6.04 Å². The van der Waals surface area contributed by atoms with Crippen molar-refractivity contribution in [3.05, 3.63) is 48.2 Å². The fourth-order valence-electron chi connectivity index (χ4n) is 2.12. The number of carbonyl (C=O) groups excluding carboxylic acids is 2. The summed E-state index contributed by atoms with van der Waals surface area (Å²) in [5, 5.41) is 14.0. The van der Waals surface area contributed by atoms with Crippen LogP contribution in [0.15, 0.2) is 42.6 Å². The van der Waals surface area contributed by atoms with Crippen LogP contribution in [0.5, 0.6) is 0 Å². The number of aliphatic carboxylic acids is 1. The normalized spacial score (nSPS) is 12.7. The molecule has 0 unspecified atom stereocenters. The molecule has 0 aliphatic carbocycles. The van der Waals surface area contributed by atoms with Crippen molar-refractivity contribution >= 4 is 22.8 Å². The number of aromatic amines is 1. The van der Waals surface area contributed by atoms with Crippen LogP contribution in [-0.2, 0) is 16.0 Å². The Morgan fingerprint density at radius 2 is 2.10 bits per heavy atom. The number of benzene rings is 1. The Morgan fingerprint density at radius 3 is 2.85 bits per heavy atom.